The van der Waals surface area contributed by atoms with E-state index in [0.717, 1.165) is 9.87 Å². The summed E-state index contributed by atoms with van der Waals surface area (Å²) in [4.78, 5) is 34.0. The Kier molecular flexibility index (Phi) is 4.82. The molecule has 2 fully saturated rings. The maximum atomic E-state index is 12.8. The topological polar surface area (TPSA) is 151 Å². The van der Waals surface area contributed by atoms with Gasteiger partial charge in [-0.3, -0.25) is 4.90 Å². The quantitative estimate of drug-likeness (QED) is 0.684. The number of cyclic esters (lactones) is 1. The Morgan fingerprint density at radius 1 is 1.28 bits per heavy atom. The van der Waals surface area contributed by atoms with Crippen molar-refractivity contribution in [2.45, 2.75) is 25.5 Å². The van der Waals surface area contributed by atoms with Crippen molar-refractivity contribution in [2.75, 3.05) is 25.1 Å². The molecule has 2 amide bonds. The first-order valence-corrected chi connectivity index (χ1v) is 11.5. The van der Waals surface area contributed by atoms with Gasteiger partial charge in [-0.05, 0) is 30.7 Å². The number of aromatic nitrogens is 2. The summed E-state index contributed by atoms with van der Waals surface area (Å²) in [7, 11) is -2.57. The number of hydrogen-bond donors (Lipinski definition) is 2. The molecular weight excluding hydrogens is 442 g/mol. The molecule has 2 atom stereocenters. The maximum absolute atomic E-state index is 12.8. The van der Waals surface area contributed by atoms with E-state index in [0.29, 0.717) is 35.4 Å². The van der Waals surface area contributed by atoms with Crippen LogP contribution in [-0.2, 0) is 21.6 Å². The Bertz CT molecular complexity index is 1210. The molecule has 4 heterocycles. The second kappa shape index (κ2) is 7.45. The molecule has 5 rings (SSSR count). The molecule has 1 saturated heterocycles. The number of anilines is 1. The number of nitrogens with zero attached hydrogens (tertiary/aromatic N) is 4. The van der Waals surface area contributed by atoms with Gasteiger partial charge in [0.1, 0.15) is 6.61 Å². The Hall–Kier alpha value is -3.19. The Morgan fingerprint density at radius 3 is 2.66 bits per heavy atom. The summed E-state index contributed by atoms with van der Waals surface area (Å²) in [6.07, 6.45) is 0.726. The average molecular weight is 463 g/mol. The van der Waals surface area contributed by atoms with E-state index in [1.807, 2.05) is 6.07 Å². The standard InChI is InChI=1S/C19H21N5O7S/c1-30-15-3-2-14-16-12(6-20-17(14)21-15)9-31-19(27)24(16)13-4-10-7-23(8-11(10)5-13)32(28,29)22-18(25)26/h2-3,6,10-11,13,22H,4-5,7-9H2,1H3,(H,25,26). The highest BCUT2D eigenvalue weighted by Crippen LogP contribution is 2.45. The van der Waals surface area contributed by atoms with Crippen LogP contribution in [0, 0.1) is 11.8 Å². The highest BCUT2D eigenvalue weighted by molar-refractivity contribution is 7.87. The minimum absolute atomic E-state index is 0.00914. The number of methoxy groups -OCH3 is 1. The van der Waals surface area contributed by atoms with Gasteiger partial charge in [-0.15, -0.1) is 0 Å². The van der Waals surface area contributed by atoms with Crippen molar-refractivity contribution < 1.29 is 32.6 Å². The zero-order valence-corrected chi connectivity index (χ0v) is 17.9. The fraction of sp³-hybridized carbons (Fsp3) is 0.474. The van der Waals surface area contributed by atoms with Gasteiger partial charge in [0.2, 0.25) is 5.88 Å². The number of ether oxygens (including phenoxy) is 2. The number of nitrogens with one attached hydrogen (secondary N) is 1. The third-order valence-electron chi connectivity index (χ3n) is 6.36. The fourth-order valence-corrected chi connectivity index (χ4v) is 6.16. The zero-order valence-electron chi connectivity index (χ0n) is 17.1. The average Bonchev–Trinajstić information content (AvgIpc) is 3.32. The number of hydrogen-bond acceptors (Lipinski definition) is 8. The van der Waals surface area contributed by atoms with Crippen LogP contribution in [0.25, 0.3) is 11.0 Å². The molecule has 2 aliphatic heterocycles. The van der Waals surface area contributed by atoms with E-state index < -0.39 is 22.4 Å². The van der Waals surface area contributed by atoms with Gasteiger partial charge >= 0.3 is 22.4 Å². The maximum Gasteiger partial charge on any atom is 0.419 e. The first-order valence-electron chi connectivity index (χ1n) is 10.1. The van der Waals surface area contributed by atoms with Crippen molar-refractivity contribution in [1.29, 1.82) is 0 Å². The predicted octanol–water partition coefficient (Wildman–Crippen LogP) is 1.32. The molecule has 170 valence electrons. The molecule has 2 unspecified atom stereocenters. The smallest absolute Gasteiger partial charge is 0.419 e. The molecule has 2 aromatic rings. The minimum Gasteiger partial charge on any atom is -0.481 e. The molecule has 0 radical (unpaired) electrons. The van der Waals surface area contributed by atoms with E-state index in [1.54, 1.807) is 21.9 Å². The molecule has 32 heavy (non-hydrogen) atoms. The summed E-state index contributed by atoms with van der Waals surface area (Å²) >= 11 is 0. The summed E-state index contributed by atoms with van der Waals surface area (Å²) in [5, 5.41) is 9.49. The summed E-state index contributed by atoms with van der Waals surface area (Å²) < 4.78 is 37.7. The van der Waals surface area contributed by atoms with Gasteiger partial charge < -0.3 is 14.6 Å². The number of carbonyl (C=O) groups is 2. The lowest BCUT2D eigenvalue weighted by Crippen LogP contribution is -2.45. The van der Waals surface area contributed by atoms with Gasteiger partial charge in [-0.25, -0.2) is 19.3 Å². The molecular formula is C19H21N5O7S. The number of rotatable bonds is 4. The van der Waals surface area contributed by atoms with Crippen molar-refractivity contribution in [3.05, 3.63) is 23.9 Å². The third-order valence-corrected chi connectivity index (χ3v) is 7.77. The van der Waals surface area contributed by atoms with Crippen molar-refractivity contribution in [3.8, 4) is 5.88 Å². The second-order valence-electron chi connectivity index (χ2n) is 8.16. The normalized spacial score (nSPS) is 25.3. The van der Waals surface area contributed by atoms with Crippen molar-refractivity contribution in [2.24, 2.45) is 11.8 Å². The van der Waals surface area contributed by atoms with Crippen molar-refractivity contribution in [1.82, 2.24) is 19.0 Å². The second-order valence-corrected chi connectivity index (χ2v) is 9.83. The number of fused-ring (bicyclic) bond motifs is 4. The van der Waals surface area contributed by atoms with Crippen LogP contribution < -0.4 is 14.4 Å². The first-order chi connectivity index (χ1) is 15.3. The molecule has 0 bridgehead atoms. The molecule has 1 aliphatic carbocycles. The first kappa shape index (κ1) is 20.7. The van der Waals surface area contributed by atoms with E-state index in [2.05, 4.69) is 9.97 Å². The lowest BCUT2D eigenvalue weighted by atomic mass is 10.0. The summed E-state index contributed by atoms with van der Waals surface area (Å²) in [6, 6.07) is 3.35. The molecule has 3 aliphatic rings. The predicted molar refractivity (Wildman–Crippen MR) is 110 cm³/mol. The van der Waals surface area contributed by atoms with Gasteiger partial charge in [0.15, 0.2) is 5.65 Å². The molecule has 13 heteroatoms. The van der Waals surface area contributed by atoms with Gasteiger partial charge in [0.05, 0.1) is 12.8 Å². The summed E-state index contributed by atoms with van der Waals surface area (Å²) in [6.45, 7) is 0.525. The molecule has 12 nitrogen and oxygen atoms in total. The Morgan fingerprint density at radius 2 is 2.00 bits per heavy atom. The van der Waals surface area contributed by atoms with Gasteiger partial charge in [-0.2, -0.15) is 17.7 Å². The van der Waals surface area contributed by atoms with Crippen LogP contribution in [-0.4, -0.2) is 66.2 Å². The van der Waals surface area contributed by atoms with Crippen LogP contribution in [0.1, 0.15) is 18.4 Å². The third kappa shape index (κ3) is 3.37. The van der Waals surface area contributed by atoms with E-state index in [4.69, 9.17) is 14.6 Å². The van der Waals surface area contributed by atoms with Crippen molar-refractivity contribution in [3.63, 3.8) is 0 Å². The lowest BCUT2D eigenvalue weighted by molar-refractivity contribution is 0.138. The fourth-order valence-electron chi connectivity index (χ4n) is 5.03. The van der Waals surface area contributed by atoms with Crippen LogP contribution in [0.5, 0.6) is 5.88 Å². The van der Waals surface area contributed by atoms with Crippen LogP contribution >= 0.6 is 0 Å². The molecule has 0 spiro atoms. The summed E-state index contributed by atoms with van der Waals surface area (Å²) in [5.74, 6) is 0.436. The number of carbonyl (C=O) groups excluding carboxylic acids is 1. The molecule has 2 N–H and O–H groups in total. The molecule has 1 saturated carbocycles. The van der Waals surface area contributed by atoms with E-state index >= 15 is 0 Å². The van der Waals surface area contributed by atoms with Gasteiger partial charge in [-0.1, -0.05) is 0 Å². The number of pyridine rings is 2. The SMILES string of the molecule is COc1ccc2c3c(cnc2n1)COC(=O)N3C1CC2CN(S(=O)(=O)NC(=O)O)CC2C1. The van der Waals surface area contributed by atoms with E-state index in [1.165, 1.54) is 7.11 Å². The van der Waals surface area contributed by atoms with Crippen LogP contribution in [0.15, 0.2) is 18.3 Å². The lowest BCUT2D eigenvalue weighted by Gasteiger charge is -2.34. The monoisotopic (exact) mass is 463 g/mol. The van der Waals surface area contributed by atoms with Crippen LogP contribution in [0.3, 0.4) is 0 Å². The highest BCUT2D eigenvalue weighted by atomic mass is 32.2. The Balaban J connectivity index is 1.43. The number of amides is 2. The molecule has 0 aromatic carbocycles. The van der Waals surface area contributed by atoms with Gasteiger partial charge in [0.25, 0.3) is 0 Å². The number of carboxylic acid groups (broad SMARTS) is 1. The minimum atomic E-state index is -4.09. The van der Waals surface area contributed by atoms with Gasteiger partial charge in [0, 0.05) is 42.3 Å². The summed E-state index contributed by atoms with van der Waals surface area (Å²) in [5.41, 5.74) is 1.94. The molecule has 2 aromatic heterocycles. The van der Waals surface area contributed by atoms with E-state index in [9.17, 15) is 18.0 Å². The van der Waals surface area contributed by atoms with E-state index in [-0.39, 0.29) is 37.6 Å². The Labute approximate surface area is 183 Å². The highest BCUT2D eigenvalue weighted by Gasteiger charge is 2.48. The van der Waals surface area contributed by atoms with Crippen LogP contribution in [0.2, 0.25) is 0 Å². The largest absolute Gasteiger partial charge is 0.481 e. The van der Waals surface area contributed by atoms with Crippen molar-refractivity contribution >= 4 is 39.1 Å². The van der Waals surface area contributed by atoms with Crippen LogP contribution in [0.4, 0.5) is 15.3 Å². The zero-order chi connectivity index (χ0) is 22.6.